The number of hydrogen-bond acceptors (Lipinski definition) is 6. The van der Waals surface area contributed by atoms with E-state index in [1.807, 2.05) is 0 Å². The number of imide groups is 1. The minimum atomic E-state index is -0.812. The van der Waals surface area contributed by atoms with Gasteiger partial charge in [-0.2, -0.15) is 0 Å². The zero-order valence-corrected chi connectivity index (χ0v) is 12.2. The fourth-order valence-electron chi connectivity index (χ4n) is 1.88. The fourth-order valence-corrected chi connectivity index (χ4v) is 1.88. The van der Waals surface area contributed by atoms with Crippen LogP contribution >= 0.6 is 0 Å². The highest BCUT2D eigenvalue weighted by atomic mass is 16.7. The summed E-state index contributed by atoms with van der Waals surface area (Å²) in [6.45, 7) is 0.637. The Labute approximate surface area is 131 Å². The maximum atomic E-state index is 12.0. The van der Waals surface area contributed by atoms with Crippen LogP contribution in [0.25, 0.3) is 10.4 Å². The van der Waals surface area contributed by atoms with Crippen molar-refractivity contribution in [2.24, 2.45) is 5.11 Å². The van der Waals surface area contributed by atoms with E-state index < -0.39 is 17.8 Å². The van der Waals surface area contributed by atoms with Gasteiger partial charge in [0.15, 0.2) is 0 Å². The molecule has 0 N–H and O–H groups in total. The van der Waals surface area contributed by atoms with Gasteiger partial charge >= 0.3 is 5.97 Å². The van der Waals surface area contributed by atoms with Crippen molar-refractivity contribution < 1.29 is 24.0 Å². The molecule has 0 aromatic heterocycles. The number of carbonyl (C=O) groups excluding carboxylic acids is 3. The fraction of sp³-hybridized carbons (Fsp3) is 0.357. The van der Waals surface area contributed by atoms with Gasteiger partial charge in [-0.25, -0.2) is 4.79 Å². The molecule has 0 radical (unpaired) electrons. The Bertz CT molecular complexity index is 653. The standard InChI is InChI=1S/C14H14N4O5/c15-17-16-7-2-8-22-11-4-1-3-10(9-11)14(21)23-18-12(19)5-6-13(18)20/h1,3-4,9H,2,5-8H2. The van der Waals surface area contributed by atoms with Crippen molar-refractivity contribution in [2.45, 2.75) is 19.3 Å². The molecule has 120 valence electrons. The summed E-state index contributed by atoms with van der Waals surface area (Å²) in [7, 11) is 0. The van der Waals surface area contributed by atoms with Gasteiger partial charge in [-0.05, 0) is 30.2 Å². The third-order valence-electron chi connectivity index (χ3n) is 2.98. The van der Waals surface area contributed by atoms with Crippen molar-refractivity contribution >= 4 is 17.8 Å². The molecule has 0 spiro atoms. The lowest BCUT2D eigenvalue weighted by Gasteiger charge is -2.13. The quantitative estimate of drug-likeness (QED) is 0.250. The van der Waals surface area contributed by atoms with Crippen LogP contribution in [0.15, 0.2) is 29.4 Å². The molecule has 23 heavy (non-hydrogen) atoms. The van der Waals surface area contributed by atoms with Crippen molar-refractivity contribution in [2.75, 3.05) is 13.2 Å². The van der Waals surface area contributed by atoms with E-state index >= 15 is 0 Å². The second kappa shape index (κ2) is 7.81. The smallest absolute Gasteiger partial charge is 0.364 e. The molecule has 0 bridgehead atoms. The zero-order valence-electron chi connectivity index (χ0n) is 12.2. The topological polar surface area (TPSA) is 122 Å². The summed E-state index contributed by atoms with van der Waals surface area (Å²) in [5, 5.41) is 3.87. The van der Waals surface area contributed by atoms with Crippen molar-refractivity contribution in [1.29, 1.82) is 0 Å². The molecule has 1 aliphatic rings. The molecule has 1 fully saturated rings. The predicted octanol–water partition coefficient (Wildman–Crippen LogP) is 1.99. The summed E-state index contributed by atoms with van der Waals surface area (Å²) in [6.07, 6.45) is 0.621. The second-order valence-electron chi connectivity index (χ2n) is 4.64. The number of nitrogens with zero attached hydrogens (tertiary/aromatic N) is 4. The minimum Gasteiger partial charge on any atom is -0.494 e. The van der Waals surface area contributed by atoms with E-state index in [2.05, 4.69) is 10.0 Å². The van der Waals surface area contributed by atoms with E-state index in [4.69, 9.17) is 15.1 Å². The Balaban J connectivity index is 1.93. The first-order chi connectivity index (χ1) is 11.1. The van der Waals surface area contributed by atoms with Crippen LogP contribution in [-0.4, -0.2) is 36.0 Å². The molecule has 2 amide bonds. The molecule has 1 aromatic carbocycles. The van der Waals surface area contributed by atoms with Crippen LogP contribution in [0.3, 0.4) is 0 Å². The average Bonchev–Trinajstić information content (AvgIpc) is 2.87. The van der Waals surface area contributed by atoms with Gasteiger partial charge in [0, 0.05) is 24.3 Å². The Morgan fingerprint density at radius 2 is 2.04 bits per heavy atom. The Kier molecular flexibility index (Phi) is 5.54. The van der Waals surface area contributed by atoms with Crippen molar-refractivity contribution in [3.05, 3.63) is 40.3 Å². The largest absolute Gasteiger partial charge is 0.494 e. The van der Waals surface area contributed by atoms with Gasteiger partial charge in [0.25, 0.3) is 11.8 Å². The first kappa shape index (κ1) is 16.3. The second-order valence-corrected chi connectivity index (χ2v) is 4.64. The number of carbonyl (C=O) groups is 3. The molecule has 2 rings (SSSR count). The highest BCUT2D eigenvalue weighted by Gasteiger charge is 2.33. The molecular formula is C14H14N4O5. The number of azide groups is 1. The highest BCUT2D eigenvalue weighted by molar-refractivity contribution is 6.02. The normalized spacial score (nSPS) is 13.7. The third kappa shape index (κ3) is 4.45. The SMILES string of the molecule is [N-]=[N+]=NCCCOc1cccc(C(=O)ON2C(=O)CCC2=O)c1. The first-order valence-corrected chi connectivity index (χ1v) is 6.93. The maximum absolute atomic E-state index is 12.0. The number of benzene rings is 1. The lowest BCUT2D eigenvalue weighted by Crippen LogP contribution is -2.32. The number of rotatable bonds is 7. The van der Waals surface area contributed by atoms with Crippen molar-refractivity contribution in [3.8, 4) is 5.75 Å². The summed E-state index contributed by atoms with van der Waals surface area (Å²) in [6, 6.07) is 6.17. The van der Waals surface area contributed by atoms with E-state index in [9.17, 15) is 14.4 Å². The highest BCUT2D eigenvalue weighted by Crippen LogP contribution is 2.17. The monoisotopic (exact) mass is 318 g/mol. The van der Waals surface area contributed by atoms with E-state index in [-0.39, 0.29) is 18.4 Å². The average molecular weight is 318 g/mol. The van der Waals surface area contributed by atoms with Gasteiger partial charge in [0.1, 0.15) is 5.75 Å². The van der Waals surface area contributed by atoms with E-state index in [0.717, 1.165) is 0 Å². The molecule has 1 aromatic rings. The molecule has 0 unspecified atom stereocenters. The van der Waals surface area contributed by atoms with Crippen LogP contribution in [0.2, 0.25) is 0 Å². The Morgan fingerprint density at radius 3 is 2.74 bits per heavy atom. The van der Waals surface area contributed by atoms with Crippen LogP contribution in [0.1, 0.15) is 29.6 Å². The molecule has 1 saturated heterocycles. The van der Waals surface area contributed by atoms with Gasteiger partial charge < -0.3 is 9.57 Å². The molecule has 1 heterocycles. The molecule has 1 aliphatic heterocycles. The van der Waals surface area contributed by atoms with Gasteiger partial charge in [-0.15, -0.1) is 5.06 Å². The Morgan fingerprint density at radius 1 is 1.30 bits per heavy atom. The Hall–Kier alpha value is -3.06. The molecule has 9 heteroatoms. The number of hydroxylamine groups is 2. The third-order valence-corrected chi connectivity index (χ3v) is 2.98. The molecular weight excluding hydrogens is 304 g/mol. The lowest BCUT2D eigenvalue weighted by atomic mass is 10.2. The lowest BCUT2D eigenvalue weighted by molar-refractivity contribution is -0.172. The zero-order chi connectivity index (χ0) is 16.7. The summed E-state index contributed by atoms with van der Waals surface area (Å²) in [5.41, 5.74) is 8.31. The predicted molar refractivity (Wildman–Crippen MR) is 77.1 cm³/mol. The summed E-state index contributed by atoms with van der Waals surface area (Å²) in [5.74, 6) is -1.45. The summed E-state index contributed by atoms with van der Waals surface area (Å²) < 4.78 is 5.42. The van der Waals surface area contributed by atoms with Crippen LogP contribution in [-0.2, 0) is 14.4 Å². The summed E-state index contributed by atoms with van der Waals surface area (Å²) in [4.78, 5) is 42.3. The first-order valence-electron chi connectivity index (χ1n) is 6.93. The van der Waals surface area contributed by atoms with Gasteiger partial charge in [-0.3, -0.25) is 9.59 Å². The van der Waals surface area contributed by atoms with Gasteiger partial charge in [0.05, 0.1) is 12.2 Å². The number of amides is 2. The van der Waals surface area contributed by atoms with Gasteiger partial charge in [-0.1, -0.05) is 11.2 Å². The summed E-state index contributed by atoms with van der Waals surface area (Å²) >= 11 is 0. The number of hydrogen-bond donors (Lipinski definition) is 0. The van der Waals surface area contributed by atoms with Crippen LogP contribution in [0, 0.1) is 0 Å². The molecule has 0 aliphatic carbocycles. The number of ether oxygens (including phenoxy) is 1. The van der Waals surface area contributed by atoms with Crippen molar-refractivity contribution in [1.82, 2.24) is 5.06 Å². The molecule has 0 saturated carbocycles. The molecule has 0 atom stereocenters. The van der Waals surface area contributed by atoms with Crippen LogP contribution in [0.5, 0.6) is 5.75 Å². The van der Waals surface area contributed by atoms with Crippen LogP contribution in [0.4, 0.5) is 0 Å². The maximum Gasteiger partial charge on any atom is 0.364 e. The van der Waals surface area contributed by atoms with E-state index in [0.29, 0.717) is 30.4 Å². The van der Waals surface area contributed by atoms with E-state index in [1.165, 1.54) is 12.1 Å². The van der Waals surface area contributed by atoms with Gasteiger partial charge in [0.2, 0.25) is 0 Å². The van der Waals surface area contributed by atoms with Crippen LogP contribution < -0.4 is 4.74 Å². The molecule has 9 nitrogen and oxygen atoms in total. The minimum absolute atomic E-state index is 0.0421. The van der Waals surface area contributed by atoms with E-state index in [1.54, 1.807) is 12.1 Å². The van der Waals surface area contributed by atoms with Crippen molar-refractivity contribution in [3.63, 3.8) is 0 Å².